The Balaban J connectivity index is 0.00000240. The van der Waals surface area contributed by atoms with Gasteiger partial charge in [-0.15, -0.1) is 12.4 Å². The molecule has 1 N–H and O–H groups in total. The second-order valence-corrected chi connectivity index (χ2v) is 9.14. The second kappa shape index (κ2) is 8.84. The topological polar surface area (TPSA) is 71.3 Å². The van der Waals surface area contributed by atoms with Gasteiger partial charge in [0.25, 0.3) is 11.8 Å². The Morgan fingerprint density at radius 2 is 1.86 bits per heavy atom. The predicted octanol–water partition coefficient (Wildman–Crippen LogP) is 4.06. The molecule has 7 heteroatoms. The molecule has 1 aliphatic carbocycles. The van der Waals surface area contributed by atoms with Crippen molar-refractivity contribution in [3.63, 3.8) is 0 Å². The molecule has 2 heterocycles. The van der Waals surface area contributed by atoms with Gasteiger partial charge in [-0.3, -0.25) is 4.79 Å². The third-order valence-electron chi connectivity index (χ3n) is 5.66. The SMILES string of the molecule is CC(C)(C)c1noc(-c2ccccc2C(=O)N2CCC(NCC3CC3)CC2)n1.Cl. The summed E-state index contributed by atoms with van der Waals surface area (Å²) >= 11 is 0. The van der Waals surface area contributed by atoms with Gasteiger partial charge in [0.15, 0.2) is 5.82 Å². The fourth-order valence-electron chi connectivity index (χ4n) is 3.61. The van der Waals surface area contributed by atoms with Crippen LogP contribution in [-0.4, -0.2) is 46.6 Å². The van der Waals surface area contributed by atoms with E-state index in [1.165, 1.54) is 12.8 Å². The van der Waals surface area contributed by atoms with Gasteiger partial charge in [0.2, 0.25) is 0 Å². The number of amides is 1. The third-order valence-corrected chi connectivity index (χ3v) is 5.66. The van der Waals surface area contributed by atoms with Crippen LogP contribution in [-0.2, 0) is 5.41 Å². The summed E-state index contributed by atoms with van der Waals surface area (Å²) in [7, 11) is 0. The van der Waals surface area contributed by atoms with Gasteiger partial charge in [0.1, 0.15) is 0 Å². The Hall–Kier alpha value is -1.92. The number of benzene rings is 1. The molecule has 0 unspecified atom stereocenters. The van der Waals surface area contributed by atoms with E-state index in [4.69, 9.17) is 4.52 Å². The summed E-state index contributed by atoms with van der Waals surface area (Å²) in [5, 5.41) is 7.77. The number of nitrogens with one attached hydrogen (secondary N) is 1. The van der Waals surface area contributed by atoms with Crippen LogP contribution < -0.4 is 5.32 Å². The minimum Gasteiger partial charge on any atom is -0.339 e. The zero-order chi connectivity index (χ0) is 19.7. The highest BCUT2D eigenvalue weighted by molar-refractivity contribution is 6.00. The van der Waals surface area contributed by atoms with Crippen molar-refractivity contribution < 1.29 is 9.32 Å². The lowest BCUT2D eigenvalue weighted by molar-refractivity contribution is 0.0705. The normalized spacial score (nSPS) is 17.8. The van der Waals surface area contributed by atoms with Crippen LogP contribution in [0.4, 0.5) is 0 Å². The number of rotatable bonds is 5. The lowest BCUT2D eigenvalue weighted by Crippen LogP contribution is -2.45. The molecule has 1 aromatic heterocycles. The molecule has 1 saturated carbocycles. The summed E-state index contributed by atoms with van der Waals surface area (Å²) in [4.78, 5) is 19.7. The zero-order valence-electron chi connectivity index (χ0n) is 17.5. The van der Waals surface area contributed by atoms with Gasteiger partial charge in [-0.05, 0) is 50.3 Å². The highest BCUT2D eigenvalue weighted by Crippen LogP contribution is 2.29. The highest BCUT2D eigenvalue weighted by atomic mass is 35.5. The first-order valence-corrected chi connectivity index (χ1v) is 10.4. The molecule has 1 saturated heterocycles. The number of halogens is 1. The quantitative estimate of drug-likeness (QED) is 0.792. The van der Waals surface area contributed by atoms with E-state index in [1.807, 2.05) is 49.9 Å². The number of aromatic nitrogens is 2. The minimum absolute atomic E-state index is 0. The van der Waals surface area contributed by atoms with Gasteiger partial charge in [0.05, 0.1) is 11.1 Å². The van der Waals surface area contributed by atoms with Crippen LogP contribution in [0.2, 0.25) is 0 Å². The number of carbonyl (C=O) groups excluding carboxylic acids is 1. The molecule has 0 radical (unpaired) electrons. The monoisotopic (exact) mass is 418 g/mol. The maximum atomic E-state index is 13.2. The number of hydrogen-bond donors (Lipinski definition) is 1. The number of carbonyl (C=O) groups is 1. The molecule has 6 nitrogen and oxygen atoms in total. The Bertz CT molecular complexity index is 833. The number of hydrogen-bond acceptors (Lipinski definition) is 5. The van der Waals surface area contributed by atoms with Crippen LogP contribution in [0.15, 0.2) is 28.8 Å². The fraction of sp³-hybridized carbons (Fsp3) is 0.591. The van der Waals surface area contributed by atoms with E-state index in [9.17, 15) is 4.79 Å². The van der Waals surface area contributed by atoms with E-state index >= 15 is 0 Å². The summed E-state index contributed by atoms with van der Waals surface area (Å²) in [6, 6.07) is 8.07. The van der Waals surface area contributed by atoms with Gasteiger partial charge in [-0.2, -0.15) is 4.98 Å². The molecule has 1 aromatic carbocycles. The van der Waals surface area contributed by atoms with Crippen molar-refractivity contribution >= 4 is 18.3 Å². The average molecular weight is 419 g/mol. The Morgan fingerprint density at radius 1 is 1.17 bits per heavy atom. The van der Waals surface area contributed by atoms with Crippen molar-refractivity contribution in [3.8, 4) is 11.5 Å². The number of piperidine rings is 1. The van der Waals surface area contributed by atoms with E-state index in [0.717, 1.165) is 38.4 Å². The molecule has 2 aliphatic rings. The molecule has 1 amide bonds. The number of nitrogens with zero attached hydrogens (tertiary/aromatic N) is 3. The first-order chi connectivity index (χ1) is 13.4. The molecule has 4 rings (SSSR count). The Kier molecular flexibility index (Phi) is 6.64. The highest BCUT2D eigenvalue weighted by Gasteiger charge is 2.29. The summed E-state index contributed by atoms with van der Waals surface area (Å²) < 4.78 is 5.49. The van der Waals surface area contributed by atoms with Crippen LogP contribution in [0, 0.1) is 5.92 Å². The zero-order valence-corrected chi connectivity index (χ0v) is 18.3. The Labute approximate surface area is 178 Å². The second-order valence-electron chi connectivity index (χ2n) is 9.14. The third kappa shape index (κ3) is 5.17. The van der Waals surface area contributed by atoms with Crippen molar-refractivity contribution in [2.45, 2.75) is 57.9 Å². The predicted molar refractivity (Wildman–Crippen MR) is 115 cm³/mol. The van der Waals surface area contributed by atoms with E-state index in [1.54, 1.807) is 0 Å². The van der Waals surface area contributed by atoms with Gasteiger partial charge in [-0.25, -0.2) is 0 Å². The molecule has 0 spiro atoms. The maximum Gasteiger partial charge on any atom is 0.258 e. The first kappa shape index (κ1) is 21.8. The molecule has 158 valence electrons. The van der Waals surface area contributed by atoms with E-state index in [2.05, 4.69) is 15.5 Å². The lowest BCUT2D eigenvalue weighted by atomic mass is 9.96. The minimum atomic E-state index is -0.198. The number of likely N-dealkylation sites (tertiary alicyclic amines) is 1. The largest absolute Gasteiger partial charge is 0.339 e. The van der Waals surface area contributed by atoms with E-state index < -0.39 is 0 Å². The van der Waals surface area contributed by atoms with Crippen molar-refractivity contribution in [2.75, 3.05) is 19.6 Å². The van der Waals surface area contributed by atoms with E-state index in [-0.39, 0.29) is 23.7 Å². The summed E-state index contributed by atoms with van der Waals surface area (Å²) in [6.45, 7) is 8.83. The van der Waals surface area contributed by atoms with Crippen molar-refractivity contribution in [1.29, 1.82) is 0 Å². The van der Waals surface area contributed by atoms with Crippen molar-refractivity contribution in [1.82, 2.24) is 20.4 Å². The molecular formula is C22H31ClN4O2. The van der Waals surface area contributed by atoms with Crippen LogP contribution >= 0.6 is 12.4 Å². The van der Waals surface area contributed by atoms with Crippen molar-refractivity contribution in [3.05, 3.63) is 35.7 Å². The van der Waals surface area contributed by atoms with Crippen molar-refractivity contribution in [2.24, 2.45) is 5.92 Å². The summed E-state index contributed by atoms with van der Waals surface area (Å²) in [6.07, 6.45) is 4.76. The fourth-order valence-corrected chi connectivity index (χ4v) is 3.61. The molecule has 2 fully saturated rings. The Morgan fingerprint density at radius 3 is 2.48 bits per heavy atom. The van der Waals surface area contributed by atoms with E-state index in [0.29, 0.717) is 28.9 Å². The molecule has 1 aliphatic heterocycles. The van der Waals surface area contributed by atoms with Crippen LogP contribution in [0.1, 0.15) is 62.6 Å². The molecule has 29 heavy (non-hydrogen) atoms. The summed E-state index contributed by atoms with van der Waals surface area (Å²) in [5.74, 6) is 1.99. The average Bonchev–Trinajstić information content (AvgIpc) is 3.38. The molecule has 2 aromatic rings. The van der Waals surface area contributed by atoms with Gasteiger partial charge >= 0.3 is 0 Å². The van der Waals surface area contributed by atoms with Gasteiger partial charge in [-0.1, -0.05) is 38.1 Å². The van der Waals surface area contributed by atoms with Gasteiger partial charge in [0, 0.05) is 24.5 Å². The lowest BCUT2D eigenvalue weighted by Gasteiger charge is -2.33. The van der Waals surface area contributed by atoms with Crippen LogP contribution in [0.5, 0.6) is 0 Å². The standard InChI is InChI=1S/C22H30N4O2.ClH/c1-22(2,3)21-24-19(28-25-21)17-6-4-5-7-18(17)20(27)26-12-10-16(11-13-26)23-14-15-8-9-15;/h4-7,15-16,23H,8-14H2,1-3H3;1H. The maximum absolute atomic E-state index is 13.2. The first-order valence-electron chi connectivity index (χ1n) is 10.4. The van der Waals surface area contributed by atoms with Crippen LogP contribution in [0.3, 0.4) is 0 Å². The molecular weight excluding hydrogens is 388 g/mol. The molecule has 0 atom stereocenters. The summed E-state index contributed by atoms with van der Waals surface area (Å²) in [5.41, 5.74) is 1.15. The van der Waals surface area contributed by atoms with Crippen LogP contribution in [0.25, 0.3) is 11.5 Å². The molecule has 0 bridgehead atoms. The smallest absolute Gasteiger partial charge is 0.258 e. The van der Waals surface area contributed by atoms with Gasteiger partial charge < -0.3 is 14.7 Å².